The van der Waals surface area contributed by atoms with Gasteiger partial charge in [0.1, 0.15) is 23.9 Å². The van der Waals surface area contributed by atoms with Gasteiger partial charge in [-0.2, -0.15) is 0 Å². The van der Waals surface area contributed by atoms with E-state index in [0.29, 0.717) is 23.5 Å². The summed E-state index contributed by atoms with van der Waals surface area (Å²) in [4.78, 5) is 50.6. The van der Waals surface area contributed by atoms with Crippen molar-refractivity contribution in [2.75, 3.05) is 20.3 Å². The average molecular weight is 559 g/mol. The third-order valence-electron chi connectivity index (χ3n) is 7.20. The molecule has 1 fully saturated rings. The van der Waals surface area contributed by atoms with Crippen LogP contribution in [0, 0.1) is 5.41 Å². The van der Waals surface area contributed by atoms with Crippen molar-refractivity contribution < 1.29 is 28.6 Å². The Morgan fingerprint density at radius 1 is 1.07 bits per heavy atom. The third kappa shape index (κ3) is 6.16. The van der Waals surface area contributed by atoms with Crippen molar-refractivity contribution in [2.24, 2.45) is 5.41 Å². The number of alkyl carbamates (subject to hydrolysis) is 1. The second-order valence-electron chi connectivity index (χ2n) is 11.3. The van der Waals surface area contributed by atoms with Gasteiger partial charge in [0, 0.05) is 12.0 Å². The number of nitrogens with zero attached hydrogens (tertiary/aromatic N) is 3. The summed E-state index contributed by atoms with van der Waals surface area (Å²) in [5.74, 6) is -0.674. The summed E-state index contributed by atoms with van der Waals surface area (Å²) in [5, 5.41) is 2.72. The van der Waals surface area contributed by atoms with E-state index in [2.05, 4.69) is 5.32 Å². The normalized spacial score (nSPS) is 22.4. The molecular formula is C31H34N4O6. The van der Waals surface area contributed by atoms with Crippen molar-refractivity contribution in [1.29, 1.82) is 0 Å². The minimum Gasteiger partial charge on any atom is -0.471 e. The van der Waals surface area contributed by atoms with E-state index in [9.17, 15) is 14.4 Å². The number of cyclic esters (lactones) is 1. The first-order chi connectivity index (χ1) is 19.6. The lowest BCUT2D eigenvalue weighted by molar-refractivity contribution is -0.152. The topological polar surface area (TPSA) is 120 Å². The van der Waals surface area contributed by atoms with E-state index in [1.807, 2.05) is 81.5 Å². The van der Waals surface area contributed by atoms with Crippen LogP contribution in [0.2, 0.25) is 0 Å². The molecule has 1 saturated heterocycles. The van der Waals surface area contributed by atoms with Gasteiger partial charge in [-0.05, 0) is 35.6 Å². The zero-order valence-electron chi connectivity index (χ0n) is 23.6. The van der Waals surface area contributed by atoms with Gasteiger partial charge in [-0.1, -0.05) is 63.3 Å². The maximum absolute atomic E-state index is 13.9. The van der Waals surface area contributed by atoms with Crippen LogP contribution >= 0.6 is 0 Å². The summed E-state index contributed by atoms with van der Waals surface area (Å²) in [7, 11) is 1.28. The molecule has 1 aromatic heterocycles. The van der Waals surface area contributed by atoms with Crippen LogP contribution in [0.3, 0.4) is 0 Å². The molecule has 3 atom stereocenters. The van der Waals surface area contributed by atoms with Gasteiger partial charge in [0.25, 0.3) is 0 Å². The monoisotopic (exact) mass is 558 g/mol. The number of benzene rings is 2. The lowest BCUT2D eigenvalue weighted by Crippen LogP contribution is -2.57. The van der Waals surface area contributed by atoms with E-state index in [1.54, 1.807) is 0 Å². The Balaban J connectivity index is 1.60. The number of esters is 1. The summed E-state index contributed by atoms with van der Waals surface area (Å²) >= 11 is 0. The largest absolute Gasteiger partial charge is 0.471 e. The van der Waals surface area contributed by atoms with Crippen LogP contribution in [0.5, 0.6) is 5.88 Å². The minimum atomic E-state index is -0.953. The van der Waals surface area contributed by atoms with Crippen LogP contribution < -0.4 is 10.1 Å². The fraction of sp³-hybridized carbons (Fsp3) is 0.387. The van der Waals surface area contributed by atoms with Gasteiger partial charge in [0.15, 0.2) is 0 Å². The molecule has 10 nitrogen and oxygen atoms in total. The number of methoxy groups -OCH3 is 1. The number of nitrogens with one attached hydrogen (secondary N) is 1. The van der Waals surface area contributed by atoms with Gasteiger partial charge in [0.05, 0.1) is 31.3 Å². The molecule has 0 spiro atoms. The molecule has 2 aliphatic rings. The Labute approximate surface area is 238 Å². The minimum absolute atomic E-state index is 0.0959. The molecule has 41 heavy (non-hydrogen) atoms. The molecule has 3 heterocycles. The molecule has 1 N–H and O–H groups in total. The van der Waals surface area contributed by atoms with E-state index in [4.69, 9.17) is 24.2 Å². The summed E-state index contributed by atoms with van der Waals surface area (Å²) in [6.07, 6.45) is 3.25. The number of fused-ring (bicyclic) bond motifs is 7. The number of carbonyl (C=O) groups is 3. The van der Waals surface area contributed by atoms with Crippen LogP contribution in [0.15, 0.2) is 54.6 Å². The number of rotatable bonds is 1. The summed E-state index contributed by atoms with van der Waals surface area (Å²) in [6.45, 7) is 5.75. The number of hydrogen-bond donors (Lipinski definition) is 1. The maximum Gasteiger partial charge on any atom is 0.407 e. The average Bonchev–Trinajstić information content (AvgIpc) is 3.37. The van der Waals surface area contributed by atoms with Crippen molar-refractivity contribution >= 4 is 35.1 Å². The number of para-hydroxylation sites is 2. The molecule has 10 heteroatoms. The molecule has 5 rings (SSSR count). The van der Waals surface area contributed by atoms with Crippen LogP contribution in [0.4, 0.5) is 4.79 Å². The number of amides is 2. The van der Waals surface area contributed by atoms with Gasteiger partial charge in [0.2, 0.25) is 11.8 Å². The Morgan fingerprint density at radius 3 is 2.56 bits per heavy atom. The SMILES string of the molecule is COC(=O)[C@@H]1C[C@@H]2CN1C(=O)[C@H](C(C)(C)C)NC(=O)OCC/C=C/c1cccc(c1)-c1nc3ccccc3nc1O2. The predicted octanol–water partition coefficient (Wildman–Crippen LogP) is 4.38. The van der Waals surface area contributed by atoms with Gasteiger partial charge in [-0.15, -0.1) is 0 Å². The van der Waals surface area contributed by atoms with Crippen molar-refractivity contribution in [3.63, 3.8) is 0 Å². The Kier molecular flexibility index (Phi) is 7.92. The zero-order chi connectivity index (χ0) is 29.1. The van der Waals surface area contributed by atoms with Crippen LogP contribution in [-0.4, -0.2) is 71.3 Å². The Hall–Kier alpha value is -4.47. The lowest BCUT2D eigenvalue weighted by Gasteiger charge is -2.34. The van der Waals surface area contributed by atoms with Crippen molar-refractivity contribution in [2.45, 2.75) is 51.8 Å². The Bertz CT molecular complexity index is 1500. The fourth-order valence-corrected chi connectivity index (χ4v) is 5.10. The van der Waals surface area contributed by atoms with Crippen molar-refractivity contribution in [3.05, 3.63) is 60.2 Å². The van der Waals surface area contributed by atoms with Crippen LogP contribution in [0.1, 0.15) is 39.2 Å². The molecule has 3 aromatic rings. The highest BCUT2D eigenvalue weighted by molar-refractivity contribution is 5.91. The van der Waals surface area contributed by atoms with Gasteiger partial charge < -0.3 is 24.4 Å². The molecule has 0 unspecified atom stereocenters. The highest BCUT2D eigenvalue weighted by atomic mass is 16.5. The first-order valence-electron chi connectivity index (χ1n) is 13.7. The van der Waals surface area contributed by atoms with Gasteiger partial charge in [-0.25, -0.2) is 19.6 Å². The van der Waals surface area contributed by atoms with E-state index >= 15 is 0 Å². The van der Waals surface area contributed by atoms with Gasteiger partial charge in [-0.3, -0.25) is 4.79 Å². The molecule has 0 radical (unpaired) electrons. The number of carbonyl (C=O) groups excluding carboxylic acids is 3. The smallest absolute Gasteiger partial charge is 0.407 e. The molecule has 2 aliphatic heterocycles. The van der Waals surface area contributed by atoms with Crippen LogP contribution in [0.25, 0.3) is 28.4 Å². The number of ether oxygens (including phenoxy) is 3. The summed E-state index contributed by atoms with van der Waals surface area (Å²) in [5.41, 5.74) is 3.01. The molecule has 4 bridgehead atoms. The number of hydrogen-bond acceptors (Lipinski definition) is 8. The highest BCUT2D eigenvalue weighted by Gasteiger charge is 2.46. The van der Waals surface area contributed by atoms with Crippen molar-refractivity contribution in [3.8, 4) is 17.1 Å². The predicted molar refractivity (Wildman–Crippen MR) is 153 cm³/mol. The molecular weight excluding hydrogens is 524 g/mol. The quantitative estimate of drug-likeness (QED) is 0.437. The molecule has 0 saturated carbocycles. The fourth-order valence-electron chi connectivity index (χ4n) is 5.10. The third-order valence-corrected chi connectivity index (χ3v) is 7.20. The number of aromatic nitrogens is 2. The molecule has 214 valence electrons. The maximum atomic E-state index is 13.9. The highest BCUT2D eigenvalue weighted by Crippen LogP contribution is 2.33. The van der Waals surface area contributed by atoms with Gasteiger partial charge >= 0.3 is 12.1 Å². The first-order valence-corrected chi connectivity index (χ1v) is 13.7. The molecule has 0 aliphatic carbocycles. The van der Waals surface area contributed by atoms with Crippen molar-refractivity contribution in [1.82, 2.24) is 20.2 Å². The van der Waals surface area contributed by atoms with E-state index in [1.165, 1.54) is 12.0 Å². The van der Waals surface area contributed by atoms with E-state index in [0.717, 1.165) is 16.6 Å². The summed E-state index contributed by atoms with van der Waals surface area (Å²) < 4.78 is 16.9. The Morgan fingerprint density at radius 2 is 1.83 bits per heavy atom. The lowest BCUT2D eigenvalue weighted by atomic mass is 9.85. The second-order valence-corrected chi connectivity index (χ2v) is 11.3. The molecule has 2 aromatic carbocycles. The molecule has 2 amide bonds. The van der Waals surface area contributed by atoms with Crippen LogP contribution in [-0.2, 0) is 19.1 Å². The van der Waals surface area contributed by atoms with E-state index < -0.39 is 41.6 Å². The first kappa shape index (κ1) is 28.1. The standard InChI is InChI=1S/C31H34N4O6/c1-31(2,3)26-28(36)35-18-21(17-24(35)29(37)39-4)41-27-25(32-22-13-5-6-14-23(22)33-27)20-12-9-11-19(16-20)10-7-8-15-40-30(38)34-26/h5-7,9-14,16,21,24,26H,8,15,17-18H2,1-4H3,(H,34,38)/b10-7+/t21-,24+,26-/m1/s1. The summed E-state index contributed by atoms with van der Waals surface area (Å²) in [6, 6.07) is 13.5. The second kappa shape index (κ2) is 11.6. The van der Waals surface area contributed by atoms with E-state index in [-0.39, 0.29) is 19.6 Å². The zero-order valence-corrected chi connectivity index (χ0v) is 23.6.